The Hall–Kier alpha value is -0.0900. The Morgan fingerprint density at radius 1 is 1.12 bits per heavy atom. The molecule has 0 radical (unpaired) electrons. The lowest BCUT2D eigenvalue weighted by atomic mass is 10.00. The van der Waals surface area contributed by atoms with E-state index < -0.39 is 45.1 Å². The predicted octanol–water partition coefficient (Wildman–Crippen LogP) is -3.10. The van der Waals surface area contributed by atoms with Crippen LogP contribution in [0.4, 0.5) is 0 Å². The highest BCUT2D eigenvalue weighted by molar-refractivity contribution is 7.46. The fourth-order valence-corrected chi connectivity index (χ4v) is 1.73. The molecule has 0 bridgehead atoms. The van der Waals surface area contributed by atoms with E-state index in [1.807, 2.05) is 0 Å². The summed E-state index contributed by atoms with van der Waals surface area (Å²) in [6.45, 7) is -0.702. The van der Waals surface area contributed by atoms with Gasteiger partial charge in [0.1, 0.15) is 24.4 Å². The summed E-state index contributed by atoms with van der Waals surface area (Å²) in [4.78, 5) is 17.0. The summed E-state index contributed by atoms with van der Waals surface area (Å²) < 4.78 is 19.2. The maximum atomic E-state index is 10.5. The van der Waals surface area contributed by atoms with Crippen LogP contribution in [-0.2, 0) is 13.8 Å². The van der Waals surface area contributed by atoms with Gasteiger partial charge in [-0.3, -0.25) is 4.52 Å². The summed E-state index contributed by atoms with van der Waals surface area (Å²) in [6, 6.07) is 0. The third-order valence-corrected chi connectivity index (χ3v) is 2.57. The zero-order valence-electron chi connectivity index (χ0n) is 7.95. The fraction of sp³-hybridized carbons (Fsp3) is 1.00. The standard InChI is InChI=1S/C6H13O9P/c7-1-2-3(8)4(9)5(10)6(14-2)15-16(11,12)13/h2-10H,1H2,(H2,11,12,13)/t2-,3-,4?,5-,6?/m1/s1. The van der Waals surface area contributed by atoms with Gasteiger partial charge in [0.25, 0.3) is 0 Å². The largest absolute Gasteiger partial charge is 0.472 e. The Kier molecular flexibility index (Phi) is 4.41. The third-order valence-electron chi connectivity index (χ3n) is 2.09. The molecule has 0 saturated carbocycles. The Balaban J connectivity index is 2.75. The lowest BCUT2D eigenvalue weighted by molar-refractivity contribution is -0.280. The average molecular weight is 260 g/mol. The lowest BCUT2D eigenvalue weighted by Crippen LogP contribution is -2.58. The van der Waals surface area contributed by atoms with E-state index in [0.29, 0.717) is 0 Å². The molecule has 96 valence electrons. The zero-order chi connectivity index (χ0) is 12.5. The second kappa shape index (κ2) is 5.05. The maximum Gasteiger partial charge on any atom is 0.472 e. The molecule has 5 atom stereocenters. The number of phosphoric acid groups is 1. The van der Waals surface area contributed by atoms with Crippen molar-refractivity contribution in [3.05, 3.63) is 0 Å². The number of aliphatic hydroxyl groups is 4. The van der Waals surface area contributed by atoms with Gasteiger partial charge in [-0.05, 0) is 0 Å². The average Bonchev–Trinajstić information content (AvgIpc) is 2.17. The maximum absolute atomic E-state index is 10.5. The van der Waals surface area contributed by atoms with Crippen molar-refractivity contribution in [1.29, 1.82) is 0 Å². The van der Waals surface area contributed by atoms with Gasteiger partial charge in [0.15, 0.2) is 6.29 Å². The molecule has 0 aromatic heterocycles. The van der Waals surface area contributed by atoms with Crippen molar-refractivity contribution < 1.29 is 44.0 Å². The first-order chi connectivity index (χ1) is 7.26. The predicted molar refractivity (Wildman–Crippen MR) is 46.9 cm³/mol. The first-order valence-electron chi connectivity index (χ1n) is 4.30. The quantitative estimate of drug-likeness (QED) is 0.289. The van der Waals surface area contributed by atoms with Crippen molar-refractivity contribution in [3.8, 4) is 0 Å². The van der Waals surface area contributed by atoms with Crippen molar-refractivity contribution >= 4 is 7.82 Å². The molecule has 0 aliphatic carbocycles. The molecule has 2 unspecified atom stereocenters. The van der Waals surface area contributed by atoms with Gasteiger partial charge in [-0.15, -0.1) is 0 Å². The van der Waals surface area contributed by atoms with Crippen LogP contribution in [0.5, 0.6) is 0 Å². The smallest absolute Gasteiger partial charge is 0.394 e. The van der Waals surface area contributed by atoms with Gasteiger partial charge in [-0.25, -0.2) is 4.57 Å². The number of ether oxygens (including phenoxy) is 1. The van der Waals surface area contributed by atoms with E-state index in [4.69, 9.17) is 14.9 Å². The van der Waals surface area contributed by atoms with Gasteiger partial charge < -0.3 is 34.9 Å². The summed E-state index contributed by atoms with van der Waals surface area (Å²) >= 11 is 0. The molecule has 6 N–H and O–H groups in total. The summed E-state index contributed by atoms with van der Waals surface area (Å²) in [5, 5.41) is 36.6. The molecule has 1 aliphatic rings. The summed E-state index contributed by atoms with van der Waals surface area (Å²) in [7, 11) is -4.91. The molecule has 1 rings (SSSR count). The highest BCUT2D eigenvalue weighted by Gasteiger charge is 2.46. The SMILES string of the molecule is O=P(O)(O)OC1O[C@H](CO)[C@@H](O)C(O)[C@H]1O. The molecule has 0 aromatic carbocycles. The van der Waals surface area contributed by atoms with Crippen molar-refractivity contribution in [2.45, 2.75) is 30.7 Å². The minimum Gasteiger partial charge on any atom is -0.394 e. The second-order valence-electron chi connectivity index (χ2n) is 3.29. The fourth-order valence-electron chi connectivity index (χ4n) is 1.29. The van der Waals surface area contributed by atoms with Gasteiger partial charge in [-0.2, -0.15) is 0 Å². The molecular weight excluding hydrogens is 247 g/mol. The van der Waals surface area contributed by atoms with Gasteiger partial charge in [0, 0.05) is 0 Å². The summed E-state index contributed by atoms with van der Waals surface area (Å²) in [6.07, 6.45) is -8.25. The van der Waals surface area contributed by atoms with Crippen LogP contribution in [0.1, 0.15) is 0 Å². The van der Waals surface area contributed by atoms with E-state index in [2.05, 4.69) is 9.26 Å². The van der Waals surface area contributed by atoms with Crippen LogP contribution in [0.25, 0.3) is 0 Å². The van der Waals surface area contributed by atoms with E-state index in [1.165, 1.54) is 0 Å². The molecule has 0 amide bonds. The first kappa shape index (κ1) is 14.0. The third kappa shape index (κ3) is 3.20. The van der Waals surface area contributed by atoms with Crippen molar-refractivity contribution in [2.75, 3.05) is 6.61 Å². The minimum absolute atomic E-state index is 0.702. The van der Waals surface area contributed by atoms with Crippen LogP contribution in [0.15, 0.2) is 0 Å². The number of hydrogen-bond donors (Lipinski definition) is 6. The highest BCUT2D eigenvalue weighted by atomic mass is 31.2. The van der Waals surface area contributed by atoms with Crippen molar-refractivity contribution in [1.82, 2.24) is 0 Å². The van der Waals surface area contributed by atoms with Crippen molar-refractivity contribution in [3.63, 3.8) is 0 Å². The summed E-state index contributed by atoms with van der Waals surface area (Å²) in [5.74, 6) is 0. The molecule has 16 heavy (non-hydrogen) atoms. The monoisotopic (exact) mass is 260 g/mol. The van der Waals surface area contributed by atoms with E-state index in [-0.39, 0.29) is 0 Å². The Morgan fingerprint density at radius 3 is 2.12 bits per heavy atom. The number of phosphoric ester groups is 1. The molecule has 9 nitrogen and oxygen atoms in total. The zero-order valence-corrected chi connectivity index (χ0v) is 8.84. The van der Waals surface area contributed by atoms with Crippen LogP contribution in [0.2, 0.25) is 0 Å². The van der Waals surface area contributed by atoms with E-state index >= 15 is 0 Å². The molecule has 0 spiro atoms. The van der Waals surface area contributed by atoms with Crippen LogP contribution in [0, 0.1) is 0 Å². The lowest BCUT2D eigenvalue weighted by Gasteiger charge is -2.39. The molecule has 1 aliphatic heterocycles. The second-order valence-corrected chi connectivity index (χ2v) is 4.49. The van der Waals surface area contributed by atoms with Crippen LogP contribution >= 0.6 is 7.82 Å². The highest BCUT2D eigenvalue weighted by Crippen LogP contribution is 2.40. The van der Waals surface area contributed by atoms with Crippen LogP contribution in [0.3, 0.4) is 0 Å². The first-order valence-corrected chi connectivity index (χ1v) is 5.83. The van der Waals surface area contributed by atoms with E-state index in [1.54, 1.807) is 0 Å². The Labute approximate surface area is 90.1 Å². The number of hydrogen-bond acceptors (Lipinski definition) is 7. The molecular formula is C6H13O9P. The van der Waals surface area contributed by atoms with Crippen LogP contribution < -0.4 is 0 Å². The van der Waals surface area contributed by atoms with Crippen molar-refractivity contribution in [2.24, 2.45) is 0 Å². The molecule has 1 fully saturated rings. The van der Waals surface area contributed by atoms with Gasteiger partial charge >= 0.3 is 7.82 Å². The molecule has 1 saturated heterocycles. The topological polar surface area (TPSA) is 157 Å². The van der Waals surface area contributed by atoms with Gasteiger partial charge in [0.05, 0.1) is 6.61 Å². The Morgan fingerprint density at radius 2 is 1.69 bits per heavy atom. The summed E-state index contributed by atoms with van der Waals surface area (Å²) in [5.41, 5.74) is 0. The molecule has 10 heteroatoms. The molecule has 0 aromatic rings. The van der Waals surface area contributed by atoms with E-state index in [9.17, 15) is 19.9 Å². The number of aliphatic hydroxyl groups excluding tert-OH is 4. The number of rotatable bonds is 3. The molecule has 1 heterocycles. The van der Waals surface area contributed by atoms with Crippen LogP contribution in [-0.4, -0.2) is 67.5 Å². The Bertz CT molecular complexity index is 275. The van der Waals surface area contributed by atoms with Gasteiger partial charge in [0.2, 0.25) is 0 Å². The minimum atomic E-state index is -4.91. The normalized spacial score (nSPS) is 41.0. The van der Waals surface area contributed by atoms with Gasteiger partial charge in [-0.1, -0.05) is 0 Å². The van der Waals surface area contributed by atoms with E-state index in [0.717, 1.165) is 0 Å².